The van der Waals surface area contributed by atoms with Crippen LogP contribution in [0.3, 0.4) is 0 Å². The van der Waals surface area contributed by atoms with Crippen LogP contribution in [-0.2, 0) is 18.8 Å². The number of nitrogens with one attached hydrogen (secondary N) is 2. The molecular formula is C27H33N5O4. The molecule has 9 heteroatoms. The van der Waals surface area contributed by atoms with Gasteiger partial charge in [-0.3, -0.25) is 14.9 Å². The van der Waals surface area contributed by atoms with Gasteiger partial charge in [-0.25, -0.2) is 4.79 Å². The van der Waals surface area contributed by atoms with Gasteiger partial charge in [0, 0.05) is 50.8 Å². The summed E-state index contributed by atoms with van der Waals surface area (Å²) in [5, 5.41) is 5.53. The highest BCUT2D eigenvalue weighted by Crippen LogP contribution is 2.25. The summed E-state index contributed by atoms with van der Waals surface area (Å²) in [5.74, 6) is -0.242. The molecule has 0 aliphatic carbocycles. The number of hydrogen-bond donors (Lipinski definition) is 2. The van der Waals surface area contributed by atoms with Crippen molar-refractivity contribution >= 4 is 29.3 Å². The minimum absolute atomic E-state index is 0.0632. The molecular weight excluding hydrogens is 458 g/mol. The van der Waals surface area contributed by atoms with E-state index in [1.807, 2.05) is 53.0 Å². The van der Waals surface area contributed by atoms with Crippen LogP contribution < -0.4 is 10.6 Å². The number of hydrogen-bond acceptors (Lipinski definition) is 4. The second-order valence-corrected chi connectivity index (χ2v) is 10.1. The van der Waals surface area contributed by atoms with E-state index in [0.717, 1.165) is 37.1 Å². The van der Waals surface area contributed by atoms with E-state index in [1.54, 1.807) is 44.6 Å². The first-order valence-corrected chi connectivity index (χ1v) is 12.0. The third-order valence-electron chi connectivity index (χ3n) is 5.98. The predicted octanol–water partition coefficient (Wildman–Crippen LogP) is 4.87. The summed E-state index contributed by atoms with van der Waals surface area (Å²) in [7, 11) is 3.61. The number of benzene rings is 1. The molecule has 1 aliphatic rings. The van der Waals surface area contributed by atoms with Gasteiger partial charge in [-0.1, -0.05) is 12.1 Å². The number of rotatable bonds is 5. The molecule has 190 valence electrons. The number of amides is 3. The van der Waals surface area contributed by atoms with Gasteiger partial charge in [-0.15, -0.1) is 0 Å². The van der Waals surface area contributed by atoms with Crippen molar-refractivity contribution in [2.24, 2.45) is 14.1 Å². The van der Waals surface area contributed by atoms with Crippen LogP contribution in [0.4, 0.5) is 16.2 Å². The van der Waals surface area contributed by atoms with Crippen LogP contribution >= 0.6 is 0 Å². The zero-order valence-electron chi connectivity index (χ0n) is 21.4. The van der Waals surface area contributed by atoms with E-state index in [9.17, 15) is 14.4 Å². The largest absolute Gasteiger partial charge is 0.444 e. The highest BCUT2D eigenvalue weighted by atomic mass is 16.6. The molecule has 0 atom stereocenters. The summed E-state index contributed by atoms with van der Waals surface area (Å²) in [5.41, 5.74) is 3.44. The van der Waals surface area contributed by atoms with Crippen molar-refractivity contribution in [1.29, 1.82) is 0 Å². The third-order valence-corrected chi connectivity index (χ3v) is 5.98. The predicted molar refractivity (Wildman–Crippen MR) is 139 cm³/mol. The van der Waals surface area contributed by atoms with Gasteiger partial charge in [0.15, 0.2) is 0 Å². The van der Waals surface area contributed by atoms with Gasteiger partial charge in [0.05, 0.1) is 5.69 Å². The SMILES string of the molecule is Cn1cc(NC(=O)OC(C)(C)C)cc1C(=O)Nc1ccc(-c2cc(C(=O)N3CCCC3)n(C)c2)cc1. The number of nitrogens with zero attached hydrogens (tertiary/aromatic N) is 3. The molecule has 1 aromatic carbocycles. The number of aromatic nitrogens is 2. The van der Waals surface area contributed by atoms with Crippen molar-refractivity contribution in [2.75, 3.05) is 23.7 Å². The fraction of sp³-hybridized carbons (Fsp3) is 0.370. The molecule has 0 unspecified atom stereocenters. The molecule has 3 amide bonds. The zero-order chi connectivity index (χ0) is 26.0. The molecule has 3 heterocycles. The average molecular weight is 492 g/mol. The van der Waals surface area contributed by atoms with Crippen LogP contribution in [0.25, 0.3) is 11.1 Å². The number of carbonyl (C=O) groups is 3. The van der Waals surface area contributed by atoms with E-state index in [4.69, 9.17) is 4.74 Å². The third kappa shape index (κ3) is 5.79. The molecule has 1 saturated heterocycles. The maximum absolute atomic E-state index is 12.8. The second kappa shape index (κ2) is 9.93. The van der Waals surface area contributed by atoms with E-state index in [-0.39, 0.29) is 11.8 Å². The highest BCUT2D eigenvalue weighted by Gasteiger charge is 2.22. The topological polar surface area (TPSA) is 97.6 Å². The Morgan fingerprint density at radius 3 is 2.08 bits per heavy atom. The van der Waals surface area contributed by atoms with Crippen molar-refractivity contribution in [1.82, 2.24) is 14.0 Å². The second-order valence-electron chi connectivity index (χ2n) is 10.1. The molecule has 9 nitrogen and oxygen atoms in total. The molecule has 0 saturated carbocycles. The molecule has 1 fully saturated rings. The van der Waals surface area contributed by atoms with E-state index in [1.165, 1.54) is 0 Å². The van der Waals surface area contributed by atoms with Crippen LogP contribution in [0.5, 0.6) is 0 Å². The first kappa shape index (κ1) is 25.1. The molecule has 0 radical (unpaired) electrons. The number of ether oxygens (including phenoxy) is 1. The van der Waals surface area contributed by atoms with Crippen molar-refractivity contribution in [3.63, 3.8) is 0 Å². The highest BCUT2D eigenvalue weighted by molar-refractivity contribution is 6.04. The molecule has 4 rings (SSSR count). The summed E-state index contributed by atoms with van der Waals surface area (Å²) in [6, 6.07) is 11.0. The minimum atomic E-state index is -0.615. The van der Waals surface area contributed by atoms with Crippen molar-refractivity contribution in [3.05, 3.63) is 60.2 Å². The average Bonchev–Trinajstić information content (AvgIpc) is 3.53. The lowest BCUT2D eigenvalue weighted by molar-refractivity contribution is 0.0635. The van der Waals surface area contributed by atoms with Gasteiger partial charge >= 0.3 is 6.09 Å². The Morgan fingerprint density at radius 1 is 0.806 bits per heavy atom. The maximum Gasteiger partial charge on any atom is 0.412 e. The Hall–Kier alpha value is -4.01. The van der Waals surface area contributed by atoms with Crippen molar-refractivity contribution in [3.8, 4) is 11.1 Å². The normalized spacial score (nSPS) is 13.5. The fourth-order valence-electron chi connectivity index (χ4n) is 4.24. The van der Waals surface area contributed by atoms with Gasteiger partial charge in [-0.2, -0.15) is 0 Å². The van der Waals surface area contributed by atoms with E-state index in [2.05, 4.69) is 10.6 Å². The molecule has 2 N–H and O–H groups in total. The van der Waals surface area contributed by atoms with Crippen LogP contribution in [0.2, 0.25) is 0 Å². The molecule has 0 bridgehead atoms. The summed E-state index contributed by atoms with van der Waals surface area (Å²) in [6.07, 6.45) is 5.13. The molecule has 3 aromatic rings. The summed E-state index contributed by atoms with van der Waals surface area (Å²) >= 11 is 0. The number of likely N-dealkylation sites (tertiary alicyclic amines) is 1. The van der Waals surface area contributed by atoms with Gasteiger partial charge in [0.25, 0.3) is 11.8 Å². The smallest absolute Gasteiger partial charge is 0.412 e. The van der Waals surface area contributed by atoms with Crippen LogP contribution in [0.1, 0.15) is 54.6 Å². The minimum Gasteiger partial charge on any atom is -0.444 e. The quantitative estimate of drug-likeness (QED) is 0.532. The Balaban J connectivity index is 1.41. The first-order chi connectivity index (χ1) is 17.0. The molecule has 36 heavy (non-hydrogen) atoms. The summed E-state index contributed by atoms with van der Waals surface area (Å²) in [6.45, 7) is 6.98. The lowest BCUT2D eigenvalue weighted by Crippen LogP contribution is -2.29. The van der Waals surface area contributed by atoms with E-state index < -0.39 is 11.7 Å². The summed E-state index contributed by atoms with van der Waals surface area (Å²) in [4.78, 5) is 39.6. The van der Waals surface area contributed by atoms with Crippen LogP contribution in [0.15, 0.2) is 48.8 Å². The zero-order valence-corrected chi connectivity index (χ0v) is 21.4. The monoisotopic (exact) mass is 491 g/mol. The Labute approximate surface area is 211 Å². The summed E-state index contributed by atoms with van der Waals surface area (Å²) < 4.78 is 8.76. The molecule has 0 spiro atoms. The van der Waals surface area contributed by atoms with E-state index in [0.29, 0.717) is 22.8 Å². The maximum atomic E-state index is 12.8. The number of anilines is 2. The van der Waals surface area contributed by atoms with Crippen molar-refractivity contribution in [2.45, 2.75) is 39.2 Å². The Morgan fingerprint density at radius 2 is 1.44 bits per heavy atom. The lowest BCUT2D eigenvalue weighted by Gasteiger charge is -2.19. The van der Waals surface area contributed by atoms with Crippen molar-refractivity contribution < 1.29 is 19.1 Å². The van der Waals surface area contributed by atoms with Gasteiger partial charge in [-0.05, 0) is 63.4 Å². The molecule has 2 aromatic heterocycles. The number of aryl methyl sites for hydroxylation is 2. The van der Waals surface area contributed by atoms with Crippen LogP contribution in [-0.4, -0.2) is 50.6 Å². The standard InChI is InChI=1S/C27H33N5O4/c1-27(2,3)36-26(35)29-21-15-22(31(5)17-21)24(33)28-20-10-8-18(9-11-20)19-14-23(30(4)16-19)25(34)32-12-6-7-13-32/h8-11,14-17H,6-7,12-13H2,1-5H3,(H,28,33)(H,29,35). The first-order valence-electron chi connectivity index (χ1n) is 12.0. The van der Waals surface area contributed by atoms with Gasteiger partial charge in [0.1, 0.15) is 17.0 Å². The van der Waals surface area contributed by atoms with Crippen LogP contribution in [0, 0.1) is 0 Å². The van der Waals surface area contributed by atoms with E-state index >= 15 is 0 Å². The van der Waals surface area contributed by atoms with Gasteiger partial charge < -0.3 is 24.1 Å². The number of carbonyl (C=O) groups excluding carboxylic acids is 3. The fourth-order valence-corrected chi connectivity index (χ4v) is 4.24. The Bertz CT molecular complexity index is 1270. The Kier molecular flexibility index (Phi) is 6.92. The lowest BCUT2D eigenvalue weighted by atomic mass is 10.1. The molecule has 1 aliphatic heterocycles. The van der Waals surface area contributed by atoms with Gasteiger partial charge in [0.2, 0.25) is 0 Å².